The molecule has 1 saturated heterocycles. The quantitative estimate of drug-likeness (QED) is 0.748. The van der Waals surface area contributed by atoms with Gasteiger partial charge >= 0.3 is 6.09 Å². The molecule has 2 rings (SSSR count). The van der Waals surface area contributed by atoms with Crippen molar-refractivity contribution in [1.29, 1.82) is 0 Å². The Bertz CT molecular complexity index is 682. The maximum Gasteiger partial charge on any atom is 0.409 e. The minimum absolute atomic E-state index is 0.0272. The Kier molecular flexibility index (Phi) is 7.64. The van der Waals surface area contributed by atoms with Gasteiger partial charge < -0.3 is 20.3 Å². The van der Waals surface area contributed by atoms with Crippen molar-refractivity contribution in [3.8, 4) is 0 Å². The molecule has 1 fully saturated rings. The van der Waals surface area contributed by atoms with Crippen LogP contribution in [0.5, 0.6) is 0 Å². The van der Waals surface area contributed by atoms with Crippen LogP contribution < -0.4 is 10.6 Å². The van der Waals surface area contributed by atoms with Gasteiger partial charge in [0.25, 0.3) is 0 Å². The van der Waals surface area contributed by atoms with Crippen molar-refractivity contribution >= 4 is 23.6 Å². The van der Waals surface area contributed by atoms with Gasteiger partial charge in [-0.05, 0) is 44.2 Å². The van der Waals surface area contributed by atoms with Crippen LogP contribution in [0.2, 0.25) is 0 Å². The molecule has 0 unspecified atom stereocenters. The number of anilines is 1. The lowest BCUT2D eigenvalue weighted by atomic mass is 10.0. The summed E-state index contributed by atoms with van der Waals surface area (Å²) in [6.45, 7) is 7.17. The topological polar surface area (TPSA) is 87.7 Å². The van der Waals surface area contributed by atoms with Gasteiger partial charge in [0.2, 0.25) is 11.8 Å². The molecule has 1 aliphatic rings. The van der Waals surface area contributed by atoms with E-state index in [-0.39, 0.29) is 30.4 Å². The highest BCUT2D eigenvalue weighted by atomic mass is 16.6. The fourth-order valence-corrected chi connectivity index (χ4v) is 3.23. The van der Waals surface area contributed by atoms with Crippen LogP contribution >= 0.6 is 0 Å². The number of hydrogen-bond donors (Lipinski definition) is 2. The molecule has 0 aliphatic carbocycles. The Labute approximate surface area is 160 Å². The molecule has 2 N–H and O–H groups in total. The molecule has 7 heteroatoms. The molecule has 3 amide bonds. The largest absolute Gasteiger partial charge is 0.450 e. The zero-order chi connectivity index (χ0) is 19.8. The molecule has 1 aromatic rings. The molecular formula is C20H29N3O4. The normalized spacial score (nSPS) is 14.6. The van der Waals surface area contributed by atoms with E-state index in [0.29, 0.717) is 32.5 Å². The van der Waals surface area contributed by atoms with Gasteiger partial charge in [-0.15, -0.1) is 0 Å². The van der Waals surface area contributed by atoms with Crippen LogP contribution in [0.15, 0.2) is 18.2 Å². The van der Waals surface area contributed by atoms with E-state index in [1.165, 1.54) is 0 Å². The average Bonchev–Trinajstić information content (AvgIpc) is 2.64. The smallest absolute Gasteiger partial charge is 0.409 e. The van der Waals surface area contributed by atoms with Gasteiger partial charge in [0, 0.05) is 24.8 Å². The summed E-state index contributed by atoms with van der Waals surface area (Å²) >= 11 is 0. The highest BCUT2D eigenvalue weighted by Crippen LogP contribution is 2.21. The van der Waals surface area contributed by atoms with E-state index in [2.05, 4.69) is 10.6 Å². The van der Waals surface area contributed by atoms with Gasteiger partial charge in [0.05, 0.1) is 6.61 Å². The highest BCUT2D eigenvalue weighted by Gasteiger charge is 2.25. The maximum atomic E-state index is 12.3. The number of benzene rings is 1. The number of nitrogens with one attached hydrogen (secondary N) is 2. The predicted molar refractivity (Wildman–Crippen MR) is 104 cm³/mol. The van der Waals surface area contributed by atoms with E-state index in [1.54, 1.807) is 11.8 Å². The van der Waals surface area contributed by atoms with E-state index < -0.39 is 0 Å². The van der Waals surface area contributed by atoms with Crippen LogP contribution in [0.4, 0.5) is 10.5 Å². The summed E-state index contributed by atoms with van der Waals surface area (Å²) in [5.41, 5.74) is 2.82. The lowest BCUT2D eigenvalue weighted by molar-refractivity contribution is -0.127. The second-order valence-corrected chi connectivity index (χ2v) is 6.72. The van der Waals surface area contributed by atoms with Gasteiger partial charge in [-0.3, -0.25) is 9.59 Å². The Morgan fingerprint density at radius 3 is 2.48 bits per heavy atom. The molecule has 0 spiro atoms. The number of ether oxygens (including phenoxy) is 1. The van der Waals surface area contributed by atoms with Gasteiger partial charge in [0.1, 0.15) is 6.42 Å². The van der Waals surface area contributed by atoms with Gasteiger partial charge in [-0.25, -0.2) is 4.79 Å². The molecule has 0 radical (unpaired) electrons. The number of carbonyl (C=O) groups excluding carboxylic acids is 3. The van der Waals surface area contributed by atoms with Gasteiger partial charge in [0.15, 0.2) is 0 Å². The Morgan fingerprint density at radius 1 is 1.15 bits per heavy atom. The highest BCUT2D eigenvalue weighted by molar-refractivity contribution is 6.04. The molecule has 0 saturated carbocycles. The lowest BCUT2D eigenvalue weighted by Gasteiger charge is -2.31. The van der Waals surface area contributed by atoms with Crippen molar-refractivity contribution in [1.82, 2.24) is 10.2 Å². The molecular weight excluding hydrogens is 346 g/mol. The lowest BCUT2D eigenvalue weighted by Crippen LogP contribution is -2.47. The average molecular weight is 375 g/mol. The monoisotopic (exact) mass is 375 g/mol. The van der Waals surface area contributed by atoms with Crippen molar-refractivity contribution in [3.05, 3.63) is 29.3 Å². The summed E-state index contributed by atoms with van der Waals surface area (Å²) in [5.74, 6) is -0.617. The summed E-state index contributed by atoms with van der Waals surface area (Å²) in [6, 6.07) is 5.84. The fourth-order valence-electron chi connectivity index (χ4n) is 3.23. The van der Waals surface area contributed by atoms with E-state index in [0.717, 1.165) is 23.2 Å². The molecule has 1 aromatic carbocycles. The second kappa shape index (κ2) is 9.94. The molecule has 7 nitrogen and oxygen atoms in total. The van der Waals surface area contributed by atoms with E-state index >= 15 is 0 Å². The maximum absolute atomic E-state index is 12.3. The molecule has 27 heavy (non-hydrogen) atoms. The number of piperidine rings is 1. The number of nitrogens with zero attached hydrogens (tertiary/aromatic N) is 1. The third-order valence-corrected chi connectivity index (χ3v) is 4.71. The standard InChI is InChI=1S/C20H29N3O4/c1-4-15-8-6-7-14(3)19(15)22-18(25)13-17(24)21-16-9-11-23(12-10-16)20(26)27-5-2/h6-8,16H,4-5,9-13H2,1-3H3,(H,21,24)(H,22,25). The zero-order valence-corrected chi connectivity index (χ0v) is 16.3. The second-order valence-electron chi connectivity index (χ2n) is 6.72. The van der Waals surface area contributed by atoms with Crippen molar-refractivity contribution in [2.75, 3.05) is 25.0 Å². The van der Waals surface area contributed by atoms with Crippen LogP contribution in [0.3, 0.4) is 0 Å². The summed E-state index contributed by atoms with van der Waals surface area (Å²) in [5, 5.41) is 5.76. The van der Waals surface area contributed by atoms with Crippen molar-refractivity contribution in [2.24, 2.45) is 0 Å². The minimum Gasteiger partial charge on any atom is -0.450 e. The van der Waals surface area contributed by atoms with Crippen LogP contribution in [0.1, 0.15) is 44.2 Å². The number of likely N-dealkylation sites (tertiary alicyclic amines) is 1. The van der Waals surface area contributed by atoms with Gasteiger partial charge in [-0.1, -0.05) is 25.1 Å². The molecule has 0 aromatic heterocycles. The summed E-state index contributed by atoms with van der Waals surface area (Å²) in [7, 11) is 0. The summed E-state index contributed by atoms with van der Waals surface area (Å²) < 4.78 is 4.98. The van der Waals surface area contributed by atoms with Crippen LogP contribution in [-0.4, -0.2) is 48.5 Å². The zero-order valence-electron chi connectivity index (χ0n) is 16.3. The number of para-hydroxylation sites is 1. The summed E-state index contributed by atoms with van der Waals surface area (Å²) in [4.78, 5) is 37.8. The first-order valence-corrected chi connectivity index (χ1v) is 9.54. The third kappa shape index (κ3) is 5.98. The van der Waals surface area contributed by atoms with Crippen molar-refractivity contribution < 1.29 is 19.1 Å². The first kappa shape index (κ1) is 20.7. The van der Waals surface area contributed by atoms with Crippen LogP contribution in [-0.2, 0) is 20.7 Å². The van der Waals surface area contributed by atoms with Crippen LogP contribution in [0, 0.1) is 6.92 Å². The van der Waals surface area contributed by atoms with Crippen LogP contribution in [0.25, 0.3) is 0 Å². The number of aryl methyl sites for hydroxylation is 2. The first-order valence-electron chi connectivity index (χ1n) is 9.54. The predicted octanol–water partition coefficient (Wildman–Crippen LogP) is 2.62. The fraction of sp³-hybridized carbons (Fsp3) is 0.550. The molecule has 0 bridgehead atoms. The minimum atomic E-state index is -0.319. The number of rotatable bonds is 6. The number of carbonyl (C=O) groups is 3. The summed E-state index contributed by atoms with van der Waals surface area (Å²) in [6.07, 6.45) is 1.60. The SMILES string of the molecule is CCOC(=O)N1CCC(NC(=O)CC(=O)Nc2c(C)cccc2CC)CC1. The van der Waals surface area contributed by atoms with E-state index in [9.17, 15) is 14.4 Å². The number of amides is 3. The molecule has 148 valence electrons. The Balaban J connectivity index is 1.80. The van der Waals surface area contributed by atoms with Crippen molar-refractivity contribution in [3.63, 3.8) is 0 Å². The molecule has 0 atom stereocenters. The van der Waals surface area contributed by atoms with Crippen molar-refractivity contribution in [2.45, 2.75) is 52.5 Å². The van der Waals surface area contributed by atoms with Gasteiger partial charge in [-0.2, -0.15) is 0 Å². The number of hydrogen-bond acceptors (Lipinski definition) is 4. The third-order valence-electron chi connectivity index (χ3n) is 4.71. The van der Waals surface area contributed by atoms with E-state index in [1.807, 2.05) is 32.0 Å². The first-order chi connectivity index (χ1) is 12.9. The molecule has 1 heterocycles. The molecule has 1 aliphatic heterocycles. The Hall–Kier alpha value is -2.57. The van der Waals surface area contributed by atoms with E-state index in [4.69, 9.17) is 4.74 Å². The Morgan fingerprint density at radius 2 is 1.85 bits per heavy atom.